The van der Waals surface area contributed by atoms with Gasteiger partial charge < -0.3 is 15.0 Å². The van der Waals surface area contributed by atoms with Crippen molar-refractivity contribution in [3.05, 3.63) is 52.5 Å². The van der Waals surface area contributed by atoms with E-state index in [1.807, 2.05) is 19.1 Å². The summed E-state index contributed by atoms with van der Waals surface area (Å²) in [7, 11) is 1.70. The van der Waals surface area contributed by atoms with E-state index in [1.54, 1.807) is 36.2 Å². The van der Waals surface area contributed by atoms with E-state index in [1.165, 1.54) is 0 Å². The van der Waals surface area contributed by atoms with E-state index in [4.69, 9.17) is 16.3 Å². The third-order valence-corrected chi connectivity index (χ3v) is 4.43. The number of halogens is 1. The lowest BCUT2D eigenvalue weighted by Gasteiger charge is -2.26. The molecule has 1 aliphatic rings. The fourth-order valence-corrected chi connectivity index (χ4v) is 2.72. The van der Waals surface area contributed by atoms with Crippen molar-refractivity contribution in [2.24, 2.45) is 0 Å². The van der Waals surface area contributed by atoms with Crippen LogP contribution in [0.4, 0.5) is 11.4 Å². The maximum atomic E-state index is 12.3. The molecule has 5 nitrogen and oxygen atoms in total. The Morgan fingerprint density at radius 1 is 1.33 bits per heavy atom. The van der Waals surface area contributed by atoms with Crippen LogP contribution < -0.4 is 15.0 Å². The first kappa shape index (κ1) is 16.3. The first-order valence-corrected chi connectivity index (χ1v) is 7.91. The van der Waals surface area contributed by atoms with E-state index in [0.717, 1.165) is 11.1 Å². The minimum absolute atomic E-state index is 0.0391. The highest BCUT2D eigenvalue weighted by Crippen LogP contribution is 2.32. The molecule has 0 saturated carbocycles. The van der Waals surface area contributed by atoms with Crippen LogP contribution in [0.15, 0.2) is 36.4 Å². The molecule has 0 radical (unpaired) electrons. The van der Waals surface area contributed by atoms with Gasteiger partial charge in [-0.2, -0.15) is 0 Å². The van der Waals surface area contributed by atoms with Gasteiger partial charge in [-0.1, -0.05) is 23.7 Å². The molecule has 0 aromatic heterocycles. The van der Waals surface area contributed by atoms with Crippen molar-refractivity contribution in [1.82, 2.24) is 0 Å². The summed E-state index contributed by atoms with van der Waals surface area (Å²) in [6.07, 6.45) is 0.196. The number of nitrogens with zero attached hydrogens (tertiary/aromatic N) is 1. The van der Waals surface area contributed by atoms with E-state index in [0.29, 0.717) is 22.1 Å². The molecule has 3 rings (SSSR count). The van der Waals surface area contributed by atoms with Crippen LogP contribution in [0.1, 0.15) is 11.1 Å². The van der Waals surface area contributed by atoms with Crippen molar-refractivity contribution < 1.29 is 14.3 Å². The van der Waals surface area contributed by atoms with Crippen molar-refractivity contribution in [2.75, 3.05) is 23.9 Å². The summed E-state index contributed by atoms with van der Waals surface area (Å²) in [6.45, 7) is 1.89. The van der Waals surface area contributed by atoms with Crippen LogP contribution in [0.2, 0.25) is 5.02 Å². The highest BCUT2D eigenvalue weighted by atomic mass is 35.5. The van der Waals surface area contributed by atoms with Crippen LogP contribution >= 0.6 is 11.6 Å². The molecule has 2 aromatic carbocycles. The fraction of sp³-hybridized carbons (Fsp3) is 0.222. The number of ether oxygens (including phenoxy) is 1. The number of likely N-dealkylation sites (N-methyl/N-ethyl adjacent to an activating group) is 1. The zero-order chi connectivity index (χ0) is 17.3. The topological polar surface area (TPSA) is 58.6 Å². The maximum Gasteiger partial charge on any atom is 0.264 e. The van der Waals surface area contributed by atoms with Gasteiger partial charge in [-0.3, -0.25) is 9.59 Å². The number of anilines is 2. The maximum absolute atomic E-state index is 12.3. The van der Waals surface area contributed by atoms with Crippen molar-refractivity contribution in [3.8, 4) is 5.75 Å². The predicted molar refractivity (Wildman–Crippen MR) is 93.9 cm³/mol. The normalized spacial score (nSPS) is 13.3. The molecule has 1 N–H and O–H groups in total. The van der Waals surface area contributed by atoms with Gasteiger partial charge in [0.15, 0.2) is 6.61 Å². The third kappa shape index (κ3) is 3.21. The number of rotatable bonds is 3. The molecular formula is C18H17ClN2O3. The van der Waals surface area contributed by atoms with Crippen LogP contribution in [0.25, 0.3) is 0 Å². The van der Waals surface area contributed by atoms with Crippen molar-refractivity contribution in [2.45, 2.75) is 13.3 Å². The van der Waals surface area contributed by atoms with Crippen LogP contribution in [0.3, 0.4) is 0 Å². The first-order chi connectivity index (χ1) is 11.5. The largest absolute Gasteiger partial charge is 0.482 e. The molecule has 0 aliphatic carbocycles. The molecular weight excluding hydrogens is 328 g/mol. The number of carbonyl (C=O) groups excluding carboxylic acids is 2. The second-order valence-corrected chi connectivity index (χ2v) is 6.09. The Hall–Kier alpha value is -2.53. The van der Waals surface area contributed by atoms with E-state index >= 15 is 0 Å². The van der Waals surface area contributed by atoms with Crippen LogP contribution in [0.5, 0.6) is 5.75 Å². The number of fused-ring (bicyclic) bond motifs is 1. The molecule has 2 aromatic rings. The van der Waals surface area contributed by atoms with Gasteiger partial charge in [0, 0.05) is 17.8 Å². The van der Waals surface area contributed by atoms with Gasteiger partial charge in [0.2, 0.25) is 5.91 Å². The van der Waals surface area contributed by atoms with Gasteiger partial charge in [0.1, 0.15) is 5.75 Å². The lowest BCUT2D eigenvalue weighted by atomic mass is 10.1. The Morgan fingerprint density at radius 2 is 2.12 bits per heavy atom. The van der Waals surface area contributed by atoms with Gasteiger partial charge in [-0.05, 0) is 42.3 Å². The zero-order valence-corrected chi connectivity index (χ0v) is 14.2. The van der Waals surface area contributed by atoms with E-state index < -0.39 is 0 Å². The summed E-state index contributed by atoms with van der Waals surface area (Å²) in [5.41, 5.74) is 3.00. The van der Waals surface area contributed by atoms with Gasteiger partial charge in [-0.25, -0.2) is 0 Å². The summed E-state index contributed by atoms with van der Waals surface area (Å²) in [6, 6.07) is 10.8. The summed E-state index contributed by atoms with van der Waals surface area (Å²) < 4.78 is 5.38. The standard InChI is InChI=1S/C18H17ClN2O3/c1-11-13(19)4-3-5-14(11)20-17(22)9-12-6-7-16-15(8-12)21(2)18(23)10-24-16/h3-8H,9-10H2,1-2H3,(H,20,22). The summed E-state index contributed by atoms with van der Waals surface area (Å²) >= 11 is 6.06. The lowest BCUT2D eigenvalue weighted by Crippen LogP contribution is -2.35. The smallest absolute Gasteiger partial charge is 0.264 e. The second-order valence-electron chi connectivity index (χ2n) is 5.68. The molecule has 0 fully saturated rings. The number of hydrogen-bond donors (Lipinski definition) is 1. The number of hydrogen-bond acceptors (Lipinski definition) is 3. The molecule has 0 bridgehead atoms. The monoisotopic (exact) mass is 344 g/mol. The molecule has 1 aliphatic heterocycles. The molecule has 0 unspecified atom stereocenters. The van der Waals surface area contributed by atoms with Gasteiger partial charge in [0.25, 0.3) is 5.91 Å². The average Bonchev–Trinajstić information content (AvgIpc) is 2.56. The summed E-state index contributed by atoms with van der Waals surface area (Å²) in [5.74, 6) is 0.386. The van der Waals surface area contributed by atoms with Crippen LogP contribution in [0, 0.1) is 6.92 Å². The average molecular weight is 345 g/mol. The molecule has 0 atom stereocenters. The van der Waals surface area contributed by atoms with Gasteiger partial charge >= 0.3 is 0 Å². The highest BCUT2D eigenvalue weighted by molar-refractivity contribution is 6.31. The molecule has 1 heterocycles. The molecule has 124 valence electrons. The Morgan fingerprint density at radius 3 is 2.92 bits per heavy atom. The minimum Gasteiger partial charge on any atom is -0.482 e. The van der Waals surface area contributed by atoms with Gasteiger partial charge in [-0.15, -0.1) is 0 Å². The SMILES string of the molecule is Cc1c(Cl)cccc1NC(=O)Cc1ccc2c(c1)N(C)C(=O)CO2. The Labute approximate surface area is 145 Å². The summed E-state index contributed by atoms with van der Waals surface area (Å²) in [5, 5.41) is 3.47. The van der Waals surface area contributed by atoms with Crippen molar-refractivity contribution in [1.29, 1.82) is 0 Å². The second kappa shape index (κ2) is 6.53. The zero-order valence-electron chi connectivity index (χ0n) is 13.4. The molecule has 0 saturated heterocycles. The Balaban J connectivity index is 1.75. The number of benzene rings is 2. The fourth-order valence-electron chi connectivity index (χ4n) is 2.55. The number of carbonyl (C=O) groups is 2. The van der Waals surface area contributed by atoms with Crippen LogP contribution in [-0.4, -0.2) is 25.5 Å². The van der Waals surface area contributed by atoms with E-state index in [-0.39, 0.29) is 24.8 Å². The van der Waals surface area contributed by atoms with Crippen molar-refractivity contribution in [3.63, 3.8) is 0 Å². The summed E-state index contributed by atoms with van der Waals surface area (Å²) in [4.78, 5) is 25.5. The Kier molecular flexibility index (Phi) is 4.44. The van der Waals surface area contributed by atoms with Crippen LogP contribution in [-0.2, 0) is 16.0 Å². The first-order valence-electron chi connectivity index (χ1n) is 7.53. The minimum atomic E-state index is -0.147. The number of nitrogens with one attached hydrogen (secondary N) is 1. The number of amides is 2. The Bertz CT molecular complexity index is 820. The third-order valence-electron chi connectivity index (χ3n) is 4.02. The predicted octanol–water partition coefficient (Wildman–Crippen LogP) is 3.18. The molecule has 6 heteroatoms. The molecule has 2 amide bonds. The highest BCUT2D eigenvalue weighted by Gasteiger charge is 2.22. The quantitative estimate of drug-likeness (QED) is 0.930. The van der Waals surface area contributed by atoms with Crippen molar-refractivity contribution >= 4 is 34.8 Å². The van der Waals surface area contributed by atoms with Gasteiger partial charge in [0.05, 0.1) is 12.1 Å². The molecule has 24 heavy (non-hydrogen) atoms. The van der Waals surface area contributed by atoms with E-state index in [2.05, 4.69) is 5.32 Å². The lowest BCUT2D eigenvalue weighted by molar-refractivity contribution is -0.121. The molecule has 0 spiro atoms. The van der Waals surface area contributed by atoms with E-state index in [9.17, 15) is 9.59 Å².